The maximum atomic E-state index is 13.5. The number of likely N-dealkylation sites (tertiary alicyclic amines) is 1. The Balaban J connectivity index is 1.37. The zero-order valence-electron chi connectivity index (χ0n) is 17.1. The predicted octanol–water partition coefficient (Wildman–Crippen LogP) is 3.81. The van der Waals surface area contributed by atoms with Gasteiger partial charge in [0.1, 0.15) is 11.9 Å². The van der Waals surface area contributed by atoms with Gasteiger partial charge in [0.2, 0.25) is 11.8 Å². The molecular weight excluding hydrogens is 371 g/mol. The average molecular weight is 400 g/mol. The molecule has 2 heterocycles. The van der Waals surface area contributed by atoms with Crippen molar-refractivity contribution in [3.63, 3.8) is 0 Å². The van der Waals surface area contributed by atoms with E-state index in [4.69, 9.17) is 4.52 Å². The summed E-state index contributed by atoms with van der Waals surface area (Å²) in [6.45, 7) is 6.34. The first-order chi connectivity index (χ1) is 14.0. The van der Waals surface area contributed by atoms with Crippen molar-refractivity contribution in [2.24, 2.45) is 11.8 Å². The summed E-state index contributed by atoms with van der Waals surface area (Å²) in [5, 5.41) is 7.24. The van der Waals surface area contributed by atoms with Crippen LogP contribution in [0, 0.1) is 17.7 Å². The van der Waals surface area contributed by atoms with Gasteiger partial charge in [-0.25, -0.2) is 4.39 Å². The Bertz CT molecular complexity index is 849. The summed E-state index contributed by atoms with van der Waals surface area (Å²) in [6.07, 6.45) is 4.03. The smallest absolute Gasteiger partial charge is 0.249 e. The van der Waals surface area contributed by atoms with Gasteiger partial charge in [-0.1, -0.05) is 31.1 Å². The summed E-state index contributed by atoms with van der Waals surface area (Å²) < 4.78 is 18.9. The zero-order chi connectivity index (χ0) is 20.4. The molecule has 29 heavy (non-hydrogen) atoms. The number of carbonyl (C=O) groups is 1. The van der Waals surface area contributed by atoms with Crippen LogP contribution in [0.15, 0.2) is 28.8 Å². The van der Waals surface area contributed by atoms with E-state index < -0.39 is 0 Å². The van der Waals surface area contributed by atoms with Crippen molar-refractivity contribution < 1.29 is 13.7 Å². The standard InChI is InChI=1S/C22H29FN4O2/c1-14(2)19(22-25-20(26-29-22)16-8-9-16)24-21(28)17-6-4-10-27(13-17)12-15-5-3-7-18(23)11-15/h3,5,7,11,14,16-17,19H,4,6,8-10,12-13H2,1-2H3,(H,24,28). The van der Waals surface area contributed by atoms with E-state index in [-0.39, 0.29) is 29.6 Å². The molecule has 1 saturated carbocycles. The van der Waals surface area contributed by atoms with E-state index in [1.807, 2.05) is 19.9 Å². The minimum absolute atomic E-state index is 0.0267. The molecule has 1 amide bonds. The number of nitrogens with one attached hydrogen (secondary N) is 1. The molecule has 0 bridgehead atoms. The highest BCUT2D eigenvalue weighted by atomic mass is 19.1. The van der Waals surface area contributed by atoms with Crippen LogP contribution >= 0.6 is 0 Å². The van der Waals surface area contributed by atoms with Crippen molar-refractivity contribution in [3.8, 4) is 0 Å². The summed E-state index contributed by atoms with van der Waals surface area (Å²) >= 11 is 0. The number of piperidine rings is 1. The minimum atomic E-state index is -0.277. The molecule has 1 saturated heterocycles. The minimum Gasteiger partial charge on any atom is -0.344 e. The second-order valence-corrected chi connectivity index (χ2v) is 8.70. The fourth-order valence-electron chi connectivity index (χ4n) is 3.97. The second-order valence-electron chi connectivity index (χ2n) is 8.70. The first kappa shape index (κ1) is 20.0. The lowest BCUT2D eigenvalue weighted by Crippen LogP contribution is -2.44. The molecule has 1 aromatic heterocycles. The summed E-state index contributed by atoms with van der Waals surface area (Å²) in [6, 6.07) is 6.39. The van der Waals surface area contributed by atoms with Crippen LogP contribution in [0.25, 0.3) is 0 Å². The highest BCUT2D eigenvalue weighted by molar-refractivity contribution is 5.79. The average Bonchev–Trinajstić information content (AvgIpc) is 3.43. The van der Waals surface area contributed by atoms with Gasteiger partial charge >= 0.3 is 0 Å². The van der Waals surface area contributed by atoms with Crippen LogP contribution in [0.3, 0.4) is 0 Å². The van der Waals surface area contributed by atoms with Crippen LogP contribution in [0.1, 0.15) is 68.8 Å². The van der Waals surface area contributed by atoms with Gasteiger partial charge in [0, 0.05) is 19.0 Å². The SMILES string of the molecule is CC(C)C(NC(=O)C1CCCN(Cc2cccc(F)c2)C1)c1nc(C2CC2)no1. The van der Waals surface area contributed by atoms with Crippen molar-refractivity contribution in [1.82, 2.24) is 20.4 Å². The first-order valence-corrected chi connectivity index (χ1v) is 10.6. The summed E-state index contributed by atoms with van der Waals surface area (Å²) in [5.74, 6) is 1.55. The molecule has 1 aliphatic heterocycles. The normalized spacial score (nSPS) is 21.3. The Labute approximate surface area is 170 Å². The molecule has 0 radical (unpaired) electrons. The maximum absolute atomic E-state index is 13.5. The van der Waals surface area contributed by atoms with Gasteiger partial charge in [0.05, 0.1) is 5.92 Å². The fraction of sp³-hybridized carbons (Fsp3) is 0.591. The highest BCUT2D eigenvalue weighted by Gasteiger charge is 2.33. The molecular formula is C22H29FN4O2. The van der Waals surface area contributed by atoms with E-state index in [0.717, 1.165) is 43.6 Å². The molecule has 1 aromatic carbocycles. The molecule has 2 aliphatic rings. The van der Waals surface area contributed by atoms with Crippen molar-refractivity contribution in [2.45, 2.75) is 58.0 Å². The van der Waals surface area contributed by atoms with Crippen LogP contribution in [-0.2, 0) is 11.3 Å². The van der Waals surface area contributed by atoms with E-state index in [9.17, 15) is 9.18 Å². The highest BCUT2D eigenvalue weighted by Crippen LogP contribution is 2.38. The Hall–Kier alpha value is -2.28. The van der Waals surface area contributed by atoms with Gasteiger partial charge < -0.3 is 9.84 Å². The molecule has 7 heteroatoms. The van der Waals surface area contributed by atoms with Crippen molar-refractivity contribution in [1.29, 1.82) is 0 Å². The molecule has 2 fully saturated rings. The van der Waals surface area contributed by atoms with Gasteiger partial charge in [-0.05, 0) is 55.8 Å². The van der Waals surface area contributed by atoms with Gasteiger partial charge in [0.15, 0.2) is 5.82 Å². The van der Waals surface area contributed by atoms with Crippen LogP contribution in [0.2, 0.25) is 0 Å². The number of aromatic nitrogens is 2. The van der Waals surface area contributed by atoms with Crippen molar-refractivity contribution >= 4 is 5.91 Å². The number of amides is 1. The summed E-state index contributed by atoms with van der Waals surface area (Å²) in [5.41, 5.74) is 0.935. The number of halogens is 1. The predicted molar refractivity (Wildman–Crippen MR) is 106 cm³/mol. The maximum Gasteiger partial charge on any atom is 0.249 e. The Morgan fingerprint density at radius 2 is 2.17 bits per heavy atom. The third-order valence-electron chi connectivity index (χ3n) is 5.80. The van der Waals surface area contributed by atoms with Crippen LogP contribution in [0.4, 0.5) is 4.39 Å². The lowest BCUT2D eigenvalue weighted by atomic mass is 9.95. The van der Waals surface area contributed by atoms with E-state index in [1.165, 1.54) is 6.07 Å². The lowest BCUT2D eigenvalue weighted by Gasteiger charge is -2.33. The topological polar surface area (TPSA) is 71.3 Å². The quantitative estimate of drug-likeness (QED) is 0.765. The molecule has 2 atom stereocenters. The van der Waals surface area contributed by atoms with E-state index in [0.29, 0.717) is 24.9 Å². The molecule has 4 rings (SSSR count). The first-order valence-electron chi connectivity index (χ1n) is 10.6. The van der Waals surface area contributed by atoms with Gasteiger partial charge in [-0.15, -0.1) is 0 Å². The van der Waals surface area contributed by atoms with Crippen LogP contribution in [-0.4, -0.2) is 34.0 Å². The van der Waals surface area contributed by atoms with Gasteiger partial charge in [-0.3, -0.25) is 9.69 Å². The van der Waals surface area contributed by atoms with Gasteiger partial charge in [-0.2, -0.15) is 4.98 Å². The zero-order valence-corrected chi connectivity index (χ0v) is 17.1. The molecule has 1 aliphatic carbocycles. The Kier molecular flexibility index (Phi) is 5.94. The molecule has 6 nitrogen and oxygen atoms in total. The number of hydrogen-bond donors (Lipinski definition) is 1. The van der Waals surface area contributed by atoms with Gasteiger partial charge in [0.25, 0.3) is 0 Å². The van der Waals surface area contributed by atoms with E-state index in [2.05, 4.69) is 20.4 Å². The summed E-state index contributed by atoms with van der Waals surface area (Å²) in [7, 11) is 0. The molecule has 2 aromatic rings. The van der Waals surface area contributed by atoms with Crippen LogP contribution < -0.4 is 5.32 Å². The van der Waals surface area contributed by atoms with Crippen LogP contribution in [0.5, 0.6) is 0 Å². The largest absolute Gasteiger partial charge is 0.344 e. The van der Waals surface area contributed by atoms with Crippen molar-refractivity contribution in [3.05, 3.63) is 47.4 Å². The number of rotatable bonds is 7. The monoisotopic (exact) mass is 400 g/mol. The summed E-state index contributed by atoms with van der Waals surface area (Å²) in [4.78, 5) is 19.8. The number of hydrogen-bond acceptors (Lipinski definition) is 5. The third-order valence-corrected chi connectivity index (χ3v) is 5.80. The Morgan fingerprint density at radius 1 is 1.34 bits per heavy atom. The number of carbonyl (C=O) groups excluding carboxylic acids is 1. The lowest BCUT2D eigenvalue weighted by molar-refractivity contribution is -0.128. The third kappa shape index (κ3) is 5.01. The van der Waals surface area contributed by atoms with E-state index >= 15 is 0 Å². The second kappa shape index (κ2) is 8.61. The number of nitrogens with zero attached hydrogens (tertiary/aromatic N) is 3. The molecule has 156 valence electrons. The molecule has 2 unspecified atom stereocenters. The molecule has 1 N–H and O–H groups in total. The Morgan fingerprint density at radius 3 is 2.90 bits per heavy atom. The fourth-order valence-corrected chi connectivity index (χ4v) is 3.97. The van der Waals surface area contributed by atoms with Crippen molar-refractivity contribution in [2.75, 3.05) is 13.1 Å². The molecule has 0 spiro atoms. The van der Waals surface area contributed by atoms with E-state index in [1.54, 1.807) is 12.1 Å². The number of benzene rings is 1.